The van der Waals surface area contributed by atoms with Crippen molar-refractivity contribution in [2.45, 2.75) is 62.0 Å². The Labute approximate surface area is 280 Å². The molecule has 1 N–H and O–H groups in total. The van der Waals surface area contributed by atoms with Crippen LogP contribution in [0.4, 0.5) is 11.4 Å². The first-order chi connectivity index (χ1) is 22.2. The van der Waals surface area contributed by atoms with Crippen LogP contribution in [0.15, 0.2) is 66.8 Å². The van der Waals surface area contributed by atoms with Crippen molar-refractivity contribution in [3.05, 3.63) is 77.4 Å². The monoisotopic (exact) mass is 663 g/mol. The minimum absolute atomic E-state index is 0.119. The van der Waals surface area contributed by atoms with Gasteiger partial charge in [-0.25, -0.2) is 0 Å². The minimum atomic E-state index is -0.940. The fraction of sp³-hybridized carbons (Fsp3) is 0.472. The standard InChI is InChI=1S/C36H42ClN3O5S/c1-4-45-26-16-14-25(15-17-26)38-21-10-18-35(3)28(32(38)42)29-33(43)40(20-7-5-6-8-23-41)31-34(44)39(22-11-19-36(29,31)46-35)30-24(2)12-9-13-27(30)37/h9-19,28-29,31,41H,4-8,20-23H2,1-3H3/t28-,29-,31?,35+,36-/m0/s1. The van der Waals surface area contributed by atoms with Crippen LogP contribution in [0.5, 0.6) is 5.75 Å². The number of unbranched alkanes of at least 4 members (excludes halogenated alkanes) is 3. The van der Waals surface area contributed by atoms with Gasteiger partial charge >= 0.3 is 0 Å². The molecule has 8 nitrogen and oxygen atoms in total. The molecule has 0 bridgehead atoms. The average Bonchev–Trinajstić information content (AvgIpc) is 3.29. The lowest BCUT2D eigenvalue weighted by Gasteiger charge is -2.37. The summed E-state index contributed by atoms with van der Waals surface area (Å²) in [7, 11) is 0. The van der Waals surface area contributed by atoms with E-state index < -0.39 is 27.4 Å². The molecule has 6 rings (SSSR count). The van der Waals surface area contributed by atoms with Crippen LogP contribution < -0.4 is 14.5 Å². The molecule has 4 aliphatic heterocycles. The number of aryl methyl sites for hydroxylation is 1. The third-order valence-corrected chi connectivity index (χ3v) is 11.9. The van der Waals surface area contributed by atoms with Crippen LogP contribution >= 0.6 is 23.4 Å². The second-order valence-corrected chi connectivity index (χ2v) is 14.9. The van der Waals surface area contributed by atoms with Crippen molar-refractivity contribution < 1.29 is 24.2 Å². The topological polar surface area (TPSA) is 90.4 Å². The van der Waals surface area contributed by atoms with E-state index in [-0.39, 0.29) is 24.3 Å². The van der Waals surface area contributed by atoms with Crippen molar-refractivity contribution in [2.24, 2.45) is 11.8 Å². The van der Waals surface area contributed by atoms with Crippen molar-refractivity contribution >= 4 is 52.5 Å². The zero-order chi connectivity index (χ0) is 32.6. The van der Waals surface area contributed by atoms with Gasteiger partial charge in [0.1, 0.15) is 11.8 Å². The molecule has 2 fully saturated rings. The van der Waals surface area contributed by atoms with Gasteiger partial charge in [-0.2, -0.15) is 0 Å². The summed E-state index contributed by atoms with van der Waals surface area (Å²) in [6, 6.07) is 12.3. The van der Waals surface area contributed by atoms with Gasteiger partial charge in [0.05, 0.1) is 33.9 Å². The fourth-order valence-corrected chi connectivity index (χ4v) is 10.3. The smallest absolute Gasteiger partial charge is 0.251 e. The lowest BCUT2D eigenvalue weighted by atomic mass is 9.74. The van der Waals surface area contributed by atoms with Crippen molar-refractivity contribution in [3.63, 3.8) is 0 Å². The van der Waals surface area contributed by atoms with Gasteiger partial charge in [0, 0.05) is 36.7 Å². The van der Waals surface area contributed by atoms with Gasteiger partial charge in [-0.05, 0) is 69.5 Å². The molecule has 10 heteroatoms. The summed E-state index contributed by atoms with van der Waals surface area (Å²) in [5.74, 6) is -1.12. The SMILES string of the molecule is CCOc1ccc(N2CC=C[C@@]3(C)S[C@]45C=CCN(c6c(C)cccc6Cl)C(=O)C4N(CCCCCCO)C(=O)[C@@H]5[C@H]3C2=O)cc1. The molecule has 0 aliphatic carbocycles. The molecule has 244 valence electrons. The number of thioether (sulfide) groups is 1. The van der Waals surface area contributed by atoms with E-state index in [9.17, 15) is 19.5 Å². The molecule has 0 aromatic heterocycles. The van der Waals surface area contributed by atoms with Crippen molar-refractivity contribution in [1.82, 2.24) is 4.90 Å². The number of hydrogen-bond acceptors (Lipinski definition) is 6. The Morgan fingerprint density at radius 2 is 1.63 bits per heavy atom. The van der Waals surface area contributed by atoms with Gasteiger partial charge in [0.15, 0.2) is 0 Å². The maximum absolute atomic E-state index is 14.9. The molecule has 3 amide bonds. The van der Waals surface area contributed by atoms with Gasteiger partial charge in [0.2, 0.25) is 11.8 Å². The second-order valence-electron chi connectivity index (χ2n) is 12.7. The Kier molecular flexibility index (Phi) is 9.29. The predicted octanol–water partition coefficient (Wildman–Crippen LogP) is 5.79. The lowest BCUT2D eigenvalue weighted by molar-refractivity contribution is -0.139. The number of amides is 3. The zero-order valence-electron chi connectivity index (χ0n) is 26.7. The number of halogens is 1. The van der Waals surface area contributed by atoms with Gasteiger partial charge in [-0.1, -0.05) is 60.9 Å². The number of aliphatic hydroxyl groups is 1. The van der Waals surface area contributed by atoms with E-state index in [2.05, 4.69) is 6.08 Å². The van der Waals surface area contributed by atoms with E-state index in [1.165, 1.54) is 0 Å². The number of anilines is 2. The largest absolute Gasteiger partial charge is 0.494 e. The Morgan fingerprint density at radius 1 is 0.913 bits per heavy atom. The summed E-state index contributed by atoms with van der Waals surface area (Å²) in [4.78, 5) is 49.5. The first-order valence-electron chi connectivity index (χ1n) is 16.2. The number of likely N-dealkylation sites (tertiary alicyclic amines) is 1. The highest BCUT2D eigenvalue weighted by Gasteiger charge is 2.74. The highest BCUT2D eigenvalue weighted by Crippen LogP contribution is 2.65. The molecular formula is C36H42ClN3O5S. The molecule has 46 heavy (non-hydrogen) atoms. The number of nitrogens with zero attached hydrogens (tertiary/aromatic N) is 3. The number of carbonyl (C=O) groups is 3. The normalized spacial score (nSPS) is 28.7. The lowest BCUT2D eigenvalue weighted by Crippen LogP contribution is -2.53. The van der Waals surface area contributed by atoms with E-state index in [0.29, 0.717) is 49.8 Å². The van der Waals surface area contributed by atoms with Crippen LogP contribution in [-0.2, 0) is 14.4 Å². The second kappa shape index (κ2) is 13.1. The molecule has 4 heterocycles. The number of ether oxygens (including phenoxy) is 1. The summed E-state index contributed by atoms with van der Waals surface area (Å²) >= 11 is 8.28. The summed E-state index contributed by atoms with van der Waals surface area (Å²) in [6.07, 6.45) is 11.2. The molecule has 0 saturated carbocycles. The number of carbonyl (C=O) groups excluding carboxylic acids is 3. The minimum Gasteiger partial charge on any atom is -0.494 e. The molecule has 5 atom stereocenters. The van der Waals surface area contributed by atoms with Crippen LogP contribution in [0.25, 0.3) is 0 Å². The predicted molar refractivity (Wildman–Crippen MR) is 184 cm³/mol. The summed E-state index contributed by atoms with van der Waals surface area (Å²) in [5, 5.41) is 9.75. The maximum Gasteiger partial charge on any atom is 0.251 e. The van der Waals surface area contributed by atoms with Gasteiger partial charge in [-0.15, -0.1) is 11.8 Å². The Bertz CT molecular complexity index is 1540. The number of fused-ring (bicyclic) bond motifs is 2. The van der Waals surface area contributed by atoms with Crippen LogP contribution in [0.1, 0.15) is 45.1 Å². The average molecular weight is 664 g/mol. The van der Waals surface area contributed by atoms with Gasteiger partial charge in [-0.3, -0.25) is 14.4 Å². The quantitative estimate of drug-likeness (QED) is 0.256. The maximum atomic E-state index is 14.9. The van der Waals surface area contributed by atoms with Gasteiger partial charge in [0.25, 0.3) is 5.91 Å². The van der Waals surface area contributed by atoms with Crippen LogP contribution in [0.2, 0.25) is 5.02 Å². The third kappa shape index (κ3) is 5.44. The number of rotatable bonds is 10. The number of benzene rings is 2. The van der Waals surface area contributed by atoms with Crippen LogP contribution in [0, 0.1) is 18.8 Å². The zero-order valence-corrected chi connectivity index (χ0v) is 28.2. The van der Waals surface area contributed by atoms with E-state index in [1.807, 2.05) is 75.4 Å². The van der Waals surface area contributed by atoms with Crippen LogP contribution in [-0.4, -0.2) is 76.1 Å². The summed E-state index contributed by atoms with van der Waals surface area (Å²) in [5.41, 5.74) is 2.27. The van der Waals surface area contributed by atoms with Gasteiger partial charge < -0.3 is 24.5 Å². The Balaban J connectivity index is 1.41. The third-order valence-electron chi connectivity index (χ3n) is 9.78. The fourth-order valence-electron chi connectivity index (χ4n) is 7.80. The number of hydrogen-bond donors (Lipinski definition) is 1. The molecule has 2 saturated heterocycles. The molecule has 4 aliphatic rings. The molecular weight excluding hydrogens is 622 g/mol. The highest BCUT2D eigenvalue weighted by atomic mass is 35.5. The molecule has 1 spiro atoms. The van der Waals surface area contributed by atoms with E-state index in [4.69, 9.17) is 16.3 Å². The molecule has 1 unspecified atom stereocenters. The van der Waals surface area contributed by atoms with Crippen molar-refractivity contribution in [3.8, 4) is 5.75 Å². The summed E-state index contributed by atoms with van der Waals surface area (Å²) in [6.45, 7) is 7.68. The van der Waals surface area contributed by atoms with E-state index in [0.717, 1.165) is 29.8 Å². The molecule has 2 aromatic rings. The summed E-state index contributed by atoms with van der Waals surface area (Å²) < 4.78 is 3.98. The number of aliphatic hydroxyl groups excluding tert-OH is 1. The van der Waals surface area contributed by atoms with Crippen LogP contribution in [0.3, 0.4) is 0 Å². The Morgan fingerprint density at radius 3 is 2.35 bits per heavy atom. The first kappa shape index (κ1) is 32.7. The first-order valence-corrected chi connectivity index (χ1v) is 17.4. The highest BCUT2D eigenvalue weighted by molar-refractivity contribution is 8.02. The molecule has 2 aromatic carbocycles. The Hall–Kier alpha value is -3.27. The van der Waals surface area contributed by atoms with Crippen molar-refractivity contribution in [1.29, 1.82) is 0 Å². The number of para-hydroxylation sites is 1. The molecule has 0 radical (unpaired) electrons. The van der Waals surface area contributed by atoms with E-state index in [1.54, 1.807) is 32.5 Å². The van der Waals surface area contributed by atoms with E-state index >= 15 is 0 Å². The van der Waals surface area contributed by atoms with Crippen molar-refractivity contribution in [2.75, 3.05) is 42.6 Å².